The molecule has 31 heavy (non-hydrogen) atoms. The molecule has 0 N–H and O–H groups in total. The maximum atomic E-state index is 12.7. The fourth-order valence-electron chi connectivity index (χ4n) is 2.87. The summed E-state index contributed by atoms with van der Waals surface area (Å²) in [7, 11) is -3.41. The maximum Gasteiger partial charge on any atom is 0.326 e. The largest absolute Gasteiger partial charge is 0.494 e. The lowest BCUT2D eigenvalue weighted by Gasteiger charge is -2.06. The van der Waals surface area contributed by atoms with Gasteiger partial charge in [-0.3, -0.25) is 9.59 Å². The molecule has 0 radical (unpaired) electrons. The lowest BCUT2D eigenvalue weighted by Crippen LogP contribution is -2.23. The molecule has 1 amide bonds. The van der Waals surface area contributed by atoms with Gasteiger partial charge in [-0.1, -0.05) is 11.3 Å². The Morgan fingerprint density at radius 2 is 1.77 bits per heavy atom. The van der Waals surface area contributed by atoms with Crippen LogP contribution in [0, 0.1) is 0 Å². The molecule has 0 aliphatic carbocycles. The number of benzene rings is 2. The SMILES string of the molecule is CCOC(=O)Cn1c(=NC(=O)c2ccc(OCC)cc2)sc2cc(S(C)(=O)=O)ccc21. The van der Waals surface area contributed by atoms with Gasteiger partial charge in [0.15, 0.2) is 14.6 Å². The van der Waals surface area contributed by atoms with Crippen molar-refractivity contribution in [3.8, 4) is 5.75 Å². The first-order valence-electron chi connectivity index (χ1n) is 9.54. The van der Waals surface area contributed by atoms with Crippen molar-refractivity contribution in [2.45, 2.75) is 25.3 Å². The molecule has 164 valence electrons. The van der Waals surface area contributed by atoms with E-state index in [-0.39, 0.29) is 22.8 Å². The third kappa shape index (κ3) is 5.39. The van der Waals surface area contributed by atoms with Crippen LogP contribution in [0.4, 0.5) is 0 Å². The zero-order chi connectivity index (χ0) is 22.6. The molecule has 10 heteroatoms. The highest BCUT2D eigenvalue weighted by atomic mass is 32.2. The van der Waals surface area contributed by atoms with Crippen LogP contribution in [0.15, 0.2) is 52.4 Å². The Hall–Kier alpha value is -2.98. The van der Waals surface area contributed by atoms with Crippen LogP contribution >= 0.6 is 11.3 Å². The molecule has 0 saturated carbocycles. The van der Waals surface area contributed by atoms with Gasteiger partial charge in [0.05, 0.1) is 28.3 Å². The average molecular weight is 463 g/mol. The third-order valence-electron chi connectivity index (χ3n) is 4.28. The molecule has 0 saturated heterocycles. The second-order valence-electron chi connectivity index (χ2n) is 6.55. The minimum Gasteiger partial charge on any atom is -0.494 e. The van der Waals surface area contributed by atoms with Crippen molar-refractivity contribution < 1.29 is 27.5 Å². The number of esters is 1. The number of hydrogen-bond acceptors (Lipinski definition) is 7. The summed E-state index contributed by atoms with van der Waals surface area (Å²) in [4.78, 5) is 29.4. The van der Waals surface area contributed by atoms with Crippen molar-refractivity contribution in [3.63, 3.8) is 0 Å². The van der Waals surface area contributed by atoms with Gasteiger partial charge in [-0.05, 0) is 56.3 Å². The molecular weight excluding hydrogens is 440 g/mol. The normalized spacial score (nSPS) is 12.2. The molecule has 0 aliphatic heterocycles. The fraction of sp³-hybridized carbons (Fsp3) is 0.286. The number of rotatable bonds is 7. The molecule has 0 spiro atoms. The molecule has 0 atom stereocenters. The molecule has 8 nitrogen and oxygen atoms in total. The second-order valence-corrected chi connectivity index (χ2v) is 9.58. The minimum atomic E-state index is -3.41. The quantitative estimate of drug-likeness (QED) is 0.500. The predicted octanol–water partition coefficient (Wildman–Crippen LogP) is 2.81. The fourth-order valence-corrected chi connectivity index (χ4v) is 4.66. The highest BCUT2D eigenvalue weighted by Crippen LogP contribution is 2.22. The highest BCUT2D eigenvalue weighted by Gasteiger charge is 2.15. The Kier molecular flexibility index (Phi) is 6.91. The van der Waals surface area contributed by atoms with E-state index in [4.69, 9.17) is 9.47 Å². The van der Waals surface area contributed by atoms with Crippen LogP contribution in [0.3, 0.4) is 0 Å². The van der Waals surface area contributed by atoms with E-state index in [0.717, 1.165) is 17.6 Å². The van der Waals surface area contributed by atoms with Crippen LogP contribution in [0.25, 0.3) is 10.2 Å². The Morgan fingerprint density at radius 3 is 2.39 bits per heavy atom. The summed E-state index contributed by atoms with van der Waals surface area (Å²) in [5.74, 6) is -0.327. The van der Waals surface area contributed by atoms with E-state index in [1.165, 1.54) is 12.1 Å². The van der Waals surface area contributed by atoms with Gasteiger partial charge in [-0.25, -0.2) is 8.42 Å². The molecule has 2 aromatic carbocycles. The Morgan fingerprint density at radius 1 is 1.06 bits per heavy atom. The Balaban J connectivity index is 2.09. The first-order chi connectivity index (χ1) is 14.7. The molecule has 3 aromatic rings. The summed E-state index contributed by atoms with van der Waals surface area (Å²) in [5.41, 5.74) is 0.948. The summed E-state index contributed by atoms with van der Waals surface area (Å²) in [6.07, 6.45) is 1.12. The monoisotopic (exact) mass is 462 g/mol. The zero-order valence-electron chi connectivity index (χ0n) is 17.3. The maximum absolute atomic E-state index is 12.7. The first-order valence-corrected chi connectivity index (χ1v) is 12.2. The predicted molar refractivity (Wildman–Crippen MR) is 117 cm³/mol. The number of sulfone groups is 1. The molecule has 0 fully saturated rings. The van der Waals surface area contributed by atoms with Crippen molar-refractivity contribution in [3.05, 3.63) is 52.8 Å². The molecule has 0 unspecified atom stereocenters. The van der Waals surface area contributed by atoms with Crippen molar-refractivity contribution in [2.24, 2.45) is 4.99 Å². The van der Waals surface area contributed by atoms with E-state index in [1.807, 2.05) is 6.92 Å². The van der Waals surface area contributed by atoms with Gasteiger partial charge in [-0.2, -0.15) is 4.99 Å². The number of fused-ring (bicyclic) bond motifs is 1. The van der Waals surface area contributed by atoms with Crippen molar-refractivity contribution in [2.75, 3.05) is 19.5 Å². The Labute approximate surface area is 183 Å². The van der Waals surface area contributed by atoms with E-state index in [2.05, 4.69) is 4.99 Å². The second kappa shape index (κ2) is 9.44. The van der Waals surface area contributed by atoms with Crippen LogP contribution < -0.4 is 9.54 Å². The molecule has 0 aliphatic rings. The number of nitrogens with zero attached hydrogens (tertiary/aromatic N) is 2. The summed E-state index contributed by atoms with van der Waals surface area (Å²) >= 11 is 1.13. The molecule has 3 rings (SSSR count). The Bertz CT molecular complexity index is 1290. The van der Waals surface area contributed by atoms with Crippen LogP contribution in [0.1, 0.15) is 24.2 Å². The summed E-state index contributed by atoms with van der Waals surface area (Å²) in [5, 5.41) is 0. The zero-order valence-corrected chi connectivity index (χ0v) is 19.0. The van der Waals surface area contributed by atoms with Gasteiger partial charge in [0.1, 0.15) is 12.3 Å². The van der Waals surface area contributed by atoms with Crippen LogP contribution in [-0.2, 0) is 25.9 Å². The van der Waals surface area contributed by atoms with Gasteiger partial charge >= 0.3 is 5.97 Å². The summed E-state index contributed by atoms with van der Waals surface area (Å²) in [6.45, 7) is 4.16. The van der Waals surface area contributed by atoms with Gasteiger partial charge in [0, 0.05) is 11.8 Å². The van der Waals surface area contributed by atoms with Gasteiger partial charge in [-0.15, -0.1) is 0 Å². The number of carbonyl (C=O) groups excluding carboxylic acids is 2. The third-order valence-corrected chi connectivity index (χ3v) is 6.44. The smallest absolute Gasteiger partial charge is 0.326 e. The van der Waals surface area contributed by atoms with E-state index >= 15 is 0 Å². The van der Waals surface area contributed by atoms with Crippen LogP contribution in [0.5, 0.6) is 5.75 Å². The number of carbonyl (C=O) groups is 2. The lowest BCUT2D eigenvalue weighted by molar-refractivity contribution is -0.143. The van der Waals surface area contributed by atoms with Crippen molar-refractivity contribution >= 4 is 43.3 Å². The highest BCUT2D eigenvalue weighted by molar-refractivity contribution is 7.90. The van der Waals surface area contributed by atoms with E-state index in [1.54, 1.807) is 41.8 Å². The summed E-state index contributed by atoms with van der Waals surface area (Å²) in [6, 6.07) is 11.2. The number of amides is 1. The van der Waals surface area contributed by atoms with Crippen molar-refractivity contribution in [1.82, 2.24) is 4.57 Å². The lowest BCUT2D eigenvalue weighted by atomic mass is 10.2. The standard InChI is InChI=1S/C21H22N2O6S2/c1-4-28-15-8-6-14(7-9-15)20(25)22-21-23(13-19(24)29-5-2)17-11-10-16(31(3,26)27)12-18(17)30-21/h6-12H,4-5,13H2,1-3H3. The number of hydrogen-bond donors (Lipinski definition) is 0. The number of thiazole rings is 1. The number of aromatic nitrogens is 1. The molecule has 1 aromatic heterocycles. The molecule has 1 heterocycles. The average Bonchev–Trinajstić information content (AvgIpc) is 3.04. The number of ether oxygens (including phenoxy) is 2. The topological polar surface area (TPSA) is 104 Å². The minimum absolute atomic E-state index is 0.147. The van der Waals surface area contributed by atoms with E-state index < -0.39 is 21.7 Å². The molecular formula is C21H22N2O6S2. The van der Waals surface area contributed by atoms with E-state index in [9.17, 15) is 18.0 Å². The first kappa shape index (κ1) is 22.7. The van der Waals surface area contributed by atoms with Gasteiger partial charge in [0.25, 0.3) is 5.91 Å². The van der Waals surface area contributed by atoms with Crippen LogP contribution in [0.2, 0.25) is 0 Å². The van der Waals surface area contributed by atoms with E-state index in [0.29, 0.717) is 28.1 Å². The molecule has 0 bridgehead atoms. The van der Waals surface area contributed by atoms with Crippen molar-refractivity contribution in [1.29, 1.82) is 0 Å². The van der Waals surface area contributed by atoms with Gasteiger partial charge in [0.2, 0.25) is 0 Å². The van der Waals surface area contributed by atoms with Gasteiger partial charge < -0.3 is 14.0 Å². The van der Waals surface area contributed by atoms with Crippen LogP contribution in [-0.4, -0.2) is 44.3 Å². The summed E-state index contributed by atoms with van der Waals surface area (Å²) < 4.78 is 36.4.